The van der Waals surface area contributed by atoms with Crippen molar-refractivity contribution in [2.75, 3.05) is 5.73 Å². The van der Waals surface area contributed by atoms with E-state index in [1.165, 1.54) is 29.2 Å². The molecule has 0 aliphatic rings. The lowest BCUT2D eigenvalue weighted by Gasteiger charge is -2.05. The summed E-state index contributed by atoms with van der Waals surface area (Å²) < 4.78 is 6.08. The number of nitrogens with zero attached hydrogens (tertiary/aromatic N) is 2. The summed E-state index contributed by atoms with van der Waals surface area (Å²) in [5.41, 5.74) is 7.94. The Balaban J connectivity index is 1.95. The number of rotatable bonds is 4. The number of nitrogens with two attached hydrogens (primary N) is 1. The highest BCUT2D eigenvalue weighted by atomic mass is 32.2. The number of nitrogen functional groups attached to an aromatic ring is 1. The van der Waals surface area contributed by atoms with Crippen LogP contribution in [0.1, 0.15) is 18.1 Å². The summed E-state index contributed by atoms with van der Waals surface area (Å²) in [6.45, 7) is 2.07. The van der Waals surface area contributed by atoms with Crippen LogP contribution in [0.2, 0.25) is 0 Å². The first kappa shape index (κ1) is 14.1. The standard InChI is InChI=1S/C14H13N3O2S2/c1-2-8-3-4-10-9(6-12(18)19-11(10)5-8)7-20-14-17-16-13(15)21-14/h3-6H,2,7H2,1H3,(H2,15,16). The molecule has 3 aromatic rings. The van der Waals surface area contributed by atoms with E-state index in [0.29, 0.717) is 16.5 Å². The van der Waals surface area contributed by atoms with Crippen molar-refractivity contribution >= 4 is 39.2 Å². The largest absolute Gasteiger partial charge is 0.423 e. The third kappa shape index (κ3) is 3.08. The molecule has 0 spiro atoms. The van der Waals surface area contributed by atoms with Crippen LogP contribution < -0.4 is 11.4 Å². The number of anilines is 1. The van der Waals surface area contributed by atoms with Gasteiger partial charge in [-0.3, -0.25) is 0 Å². The molecule has 0 aliphatic heterocycles. The smallest absolute Gasteiger partial charge is 0.336 e. The summed E-state index contributed by atoms with van der Waals surface area (Å²) in [5.74, 6) is 0.627. The number of hydrogen-bond donors (Lipinski definition) is 1. The van der Waals surface area contributed by atoms with Gasteiger partial charge < -0.3 is 10.2 Å². The van der Waals surface area contributed by atoms with Crippen LogP contribution in [0, 0.1) is 0 Å². The van der Waals surface area contributed by atoms with Crippen LogP contribution in [0.5, 0.6) is 0 Å². The number of aromatic nitrogens is 2. The summed E-state index contributed by atoms with van der Waals surface area (Å²) in [5, 5.41) is 9.14. The van der Waals surface area contributed by atoms with Crippen molar-refractivity contribution in [1.82, 2.24) is 10.2 Å². The van der Waals surface area contributed by atoms with Crippen LogP contribution in [0.4, 0.5) is 5.13 Å². The van der Waals surface area contributed by atoms with E-state index >= 15 is 0 Å². The zero-order valence-corrected chi connectivity index (χ0v) is 13.0. The second kappa shape index (κ2) is 5.87. The van der Waals surface area contributed by atoms with Gasteiger partial charge in [0.1, 0.15) is 5.58 Å². The van der Waals surface area contributed by atoms with Crippen LogP contribution in [0.3, 0.4) is 0 Å². The van der Waals surface area contributed by atoms with Crippen molar-refractivity contribution in [3.05, 3.63) is 45.8 Å². The first-order valence-electron chi connectivity index (χ1n) is 6.43. The highest BCUT2D eigenvalue weighted by molar-refractivity contribution is 8.00. The Morgan fingerprint density at radius 1 is 1.33 bits per heavy atom. The molecule has 21 heavy (non-hydrogen) atoms. The topological polar surface area (TPSA) is 82.0 Å². The predicted molar refractivity (Wildman–Crippen MR) is 85.7 cm³/mol. The van der Waals surface area contributed by atoms with Crippen molar-refractivity contribution in [3.63, 3.8) is 0 Å². The van der Waals surface area contributed by atoms with E-state index in [9.17, 15) is 4.79 Å². The van der Waals surface area contributed by atoms with E-state index < -0.39 is 0 Å². The quantitative estimate of drug-likeness (QED) is 0.588. The number of fused-ring (bicyclic) bond motifs is 1. The summed E-state index contributed by atoms with van der Waals surface area (Å²) in [4.78, 5) is 11.7. The molecule has 0 fully saturated rings. The minimum Gasteiger partial charge on any atom is -0.423 e. The van der Waals surface area contributed by atoms with Gasteiger partial charge >= 0.3 is 5.63 Å². The Morgan fingerprint density at radius 2 is 2.19 bits per heavy atom. The summed E-state index contributed by atoms with van der Waals surface area (Å²) >= 11 is 2.85. The number of thioether (sulfide) groups is 1. The van der Waals surface area contributed by atoms with E-state index in [0.717, 1.165) is 27.3 Å². The molecule has 0 aliphatic carbocycles. The SMILES string of the molecule is CCc1ccc2c(CSc3nnc(N)s3)cc(=O)oc2c1. The normalized spacial score (nSPS) is 11.1. The third-order valence-corrected chi connectivity index (χ3v) is 5.01. The monoisotopic (exact) mass is 319 g/mol. The molecule has 2 aromatic heterocycles. The third-order valence-electron chi connectivity index (χ3n) is 3.08. The average Bonchev–Trinajstić information content (AvgIpc) is 2.89. The maximum atomic E-state index is 11.7. The maximum Gasteiger partial charge on any atom is 0.336 e. The van der Waals surface area contributed by atoms with Crippen LogP contribution >= 0.6 is 23.1 Å². The molecule has 0 saturated carbocycles. The van der Waals surface area contributed by atoms with E-state index in [2.05, 4.69) is 23.2 Å². The number of aryl methyl sites for hydroxylation is 1. The van der Waals surface area contributed by atoms with Gasteiger partial charge in [-0.2, -0.15) is 0 Å². The van der Waals surface area contributed by atoms with Gasteiger partial charge in [-0.25, -0.2) is 4.79 Å². The van der Waals surface area contributed by atoms with Crippen molar-refractivity contribution in [2.24, 2.45) is 0 Å². The van der Waals surface area contributed by atoms with Crippen molar-refractivity contribution < 1.29 is 4.42 Å². The Bertz CT molecular complexity index is 842. The molecule has 0 saturated heterocycles. The Hall–Kier alpha value is -1.86. The van der Waals surface area contributed by atoms with Crippen LogP contribution in [0.15, 0.2) is 37.8 Å². The molecular formula is C14H13N3O2S2. The molecule has 0 radical (unpaired) electrons. The summed E-state index contributed by atoms with van der Waals surface area (Å²) in [6.07, 6.45) is 0.905. The molecule has 5 nitrogen and oxygen atoms in total. The van der Waals surface area contributed by atoms with Gasteiger partial charge in [0.15, 0.2) is 4.34 Å². The summed E-state index contributed by atoms with van der Waals surface area (Å²) in [7, 11) is 0. The van der Waals surface area contributed by atoms with Crippen LogP contribution in [0.25, 0.3) is 11.0 Å². The van der Waals surface area contributed by atoms with Gasteiger partial charge in [-0.05, 0) is 23.6 Å². The Morgan fingerprint density at radius 3 is 2.90 bits per heavy atom. The van der Waals surface area contributed by atoms with E-state index in [1.807, 2.05) is 12.1 Å². The zero-order valence-electron chi connectivity index (χ0n) is 11.3. The second-order valence-electron chi connectivity index (χ2n) is 4.47. The van der Waals surface area contributed by atoms with Crippen molar-refractivity contribution in [1.29, 1.82) is 0 Å². The van der Waals surface area contributed by atoms with Gasteiger partial charge in [0.25, 0.3) is 0 Å². The second-order valence-corrected chi connectivity index (χ2v) is 6.70. The van der Waals surface area contributed by atoms with Gasteiger partial charge in [0.05, 0.1) is 0 Å². The molecule has 0 amide bonds. The fourth-order valence-corrected chi connectivity index (χ4v) is 3.66. The predicted octanol–water partition coefficient (Wildman–Crippen LogP) is 3.08. The fraction of sp³-hybridized carbons (Fsp3) is 0.214. The first-order chi connectivity index (χ1) is 10.2. The molecule has 2 heterocycles. The lowest BCUT2D eigenvalue weighted by atomic mass is 10.1. The van der Waals surface area contributed by atoms with Gasteiger partial charge in [-0.15, -0.1) is 10.2 Å². The molecular weight excluding hydrogens is 306 g/mol. The van der Waals surface area contributed by atoms with Crippen LogP contribution in [-0.4, -0.2) is 10.2 Å². The Labute approximate surface area is 129 Å². The molecule has 7 heteroatoms. The summed E-state index contributed by atoms with van der Waals surface area (Å²) in [6, 6.07) is 7.51. The van der Waals surface area contributed by atoms with Crippen molar-refractivity contribution in [2.45, 2.75) is 23.4 Å². The average molecular weight is 319 g/mol. The Kier molecular flexibility index (Phi) is 3.94. The first-order valence-corrected chi connectivity index (χ1v) is 8.23. The lowest BCUT2D eigenvalue weighted by Crippen LogP contribution is -2.00. The van der Waals surface area contributed by atoms with E-state index in [-0.39, 0.29) is 5.63 Å². The molecule has 3 rings (SSSR count). The van der Waals surface area contributed by atoms with E-state index in [4.69, 9.17) is 10.2 Å². The molecule has 0 atom stereocenters. The molecule has 0 bridgehead atoms. The number of hydrogen-bond acceptors (Lipinski definition) is 7. The van der Waals surface area contributed by atoms with Gasteiger partial charge in [0, 0.05) is 17.2 Å². The fourth-order valence-electron chi connectivity index (χ4n) is 2.03. The molecule has 1 aromatic carbocycles. The van der Waals surface area contributed by atoms with Crippen LogP contribution in [-0.2, 0) is 12.2 Å². The molecule has 108 valence electrons. The number of benzene rings is 1. The van der Waals surface area contributed by atoms with Crippen molar-refractivity contribution in [3.8, 4) is 0 Å². The van der Waals surface area contributed by atoms with E-state index in [1.54, 1.807) is 0 Å². The lowest BCUT2D eigenvalue weighted by molar-refractivity contribution is 0.559. The minimum absolute atomic E-state index is 0.330. The molecule has 0 unspecified atom stereocenters. The maximum absolute atomic E-state index is 11.7. The minimum atomic E-state index is -0.330. The highest BCUT2D eigenvalue weighted by Crippen LogP contribution is 2.29. The van der Waals surface area contributed by atoms with Gasteiger partial charge in [-0.1, -0.05) is 42.2 Å². The van der Waals surface area contributed by atoms with Gasteiger partial charge in [0.2, 0.25) is 5.13 Å². The zero-order chi connectivity index (χ0) is 14.8. The highest BCUT2D eigenvalue weighted by Gasteiger charge is 2.09. The molecule has 2 N–H and O–H groups in total.